The van der Waals surface area contributed by atoms with Gasteiger partial charge in [-0.25, -0.2) is 0 Å². The molecule has 0 bridgehead atoms. The van der Waals surface area contributed by atoms with Gasteiger partial charge in [-0.15, -0.1) is 0 Å². The molecule has 0 fully saturated rings. The quantitative estimate of drug-likeness (QED) is 0.840. The van der Waals surface area contributed by atoms with Crippen LogP contribution in [0.15, 0.2) is 40.9 Å². The van der Waals surface area contributed by atoms with Crippen LogP contribution in [0.25, 0.3) is 0 Å². The van der Waals surface area contributed by atoms with Gasteiger partial charge in [0, 0.05) is 16.1 Å². The van der Waals surface area contributed by atoms with Crippen molar-refractivity contribution in [3.8, 4) is 17.2 Å². The Bertz CT molecular complexity index is 626. The number of ether oxygens (including phenoxy) is 2. The van der Waals surface area contributed by atoms with Gasteiger partial charge in [-0.3, -0.25) is 0 Å². The molecule has 0 aliphatic carbocycles. The fraction of sp³-hybridized carbons (Fsp3) is 0.294. The molecule has 0 saturated heterocycles. The van der Waals surface area contributed by atoms with E-state index in [1.807, 2.05) is 43.3 Å². The third kappa shape index (κ3) is 3.77. The van der Waals surface area contributed by atoms with Gasteiger partial charge in [0.1, 0.15) is 5.75 Å². The van der Waals surface area contributed by atoms with Gasteiger partial charge in [0.05, 0.1) is 7.11 Å². The van der Waals surface area contributed by atoms with Gasteiger partial charge in [-0.05, 0) is 43.2 Å². The van der Waals surface area contributed by atoms with Crippen molar-refractivity contribution in [2.45, 2.75) is 26.3 Å². The zero-order valence-corrected chi connectivity index (χ0v) is 14.1. The molecule has 0 radical (unpaired) electrons. The number of rotatable bonds is 5. The molecule has 0 aromatic heterocycles. The maximum atomic E-state index is 6.04. The van der Waals surface area contributed by atoms with E-state index in [2.05, 4.69) is 22.9 Å². The van der Waals surface area contributed by atoms with Crippen LogP contribution in [0.4, 0.5) is 0 Å². The Morgan fingerprint density at radius 1 is 1.10 bits per heavy atom. The summed E-state index contributed by atoms with van der Waals surface area (Å²) in [6.45, 7) is 4.05. The fourth-order valence-electron chi connectivity index (χ4n) is 2.11. The molecule has 2 aromatic carbocycles. The summed E-state index contributed by atoms with van der Waals surface area (Å²) in [5.41, 5.74) is 8.18. The van der Waals surface area contributed by atoms with E-state index in [1.165, 1.54) is 5.56 Å². The molecule has 2 N–H and O–H groups in total. The lowest BCUT2D eigenvalue weighted by molar-refractivity contribution is 0.376. The lowest BCUT2D eigenvalue weighted by Crippen LogP contribution is -2.06. The number of methoxy groups -OCH3 is 1. The molecule has 0 saturated carbocycles. The highest BCUT2D eigenvalue weighted by Gasteiger charge is 2.12. The van der Waals surface area contributed by atoms with Crippen molar-refractivity contribution >= 4 is 15.9 Å². The summed E-state index contributed by atoms with van der Waals surface area (Å²) in [5.74, 6) is 2.15. The molecule has 2 aromatic rings. The molecular weight excluding hydrogens is 330 g/mol. The lowest BCUT2D eigenvalue weighted by Gasteiger charge is -2.16. The summed E-state index contributed by atoms with van der Waals surface area (Å²) in [7, 11) is 1.65. The third-order valence-electron chi connectivity index (χ3n) is 3.32. The number of nitrogens with two attached hydrogens (primary N) is 1. The van der Waals surface area contributed by atoms with Crippen LogP contribution in [0, 0.1) is 0 Å². The van der Waals surface area contributed by atoms with Crippen LogP contribution in [-0.2, 0) is 6.42 Å². The molecule has 0 spiro atoms. The van der Waals surface area contributed by atoms with Gasteiger partial charge in [-0.2, -0.15) is 0 Å². The first kappa shape index (κ1) is 15.9. The van der Waals surface area contributed by atoms with Crippen molar-refractivity contribution in [2.75, 3.05) is 7.11 Å². The fourth-order valence-corrected chi connectivity index (χ4v) is 2.45. The Hall–Kier alpha value is -1.52. The van der Waals surface area contributed by atoms with Crippen LogP contribution in [-0.4, -0.2) is 7.11 Å². The summed E-state index contributed by atoms with van der Waals surface area (Å²) in [5, 5.41) is 0. The highest BCUT2D eigenvalue weighted by atomic mass is 79.9. The molecule has 0 heterocycles. The summed E-state index contributed by atoms with van der Waals surface area (Å²) in [6.07, 6.45) is 0.957. The maximum Gasteiger partial charge on any atom is 0.169 e. The maximum absolute atomic E-state index is 6.04. The number of aryl methyl sites for hydroxylation is 1. The van der Waals surface area contributed by atoms with Crippen LogP contribution in [0.3, 0.4) is 0 Å². The van der Waals surface area contributed by atoms with Crippen molar-refractivity contribution < 1.29 is 9.47 Å². The van der Waals surface area contributed by atoms with Gasteiger partial charge < -0.3 is 15.2 Å². The third-order valence-corrected chi connectivity index (χ3v) is 3.82. The molecule has 112 valence electrons. The Labute approximate surface area is 134 Å². The zero-order chi connectivity index (χ0) is 15.4. The number of benzene rings is 2. The minimum Gasteiger partial charge on any atom is -0.493 e. The molecule has 0 aliphatic rings. The second-order valence-electron chi connectivity index (χ2n) is 4.91. The van der Waals surface area contributed by atoms with Crippen molar-refractivity contribution in [3.63, 3.8) is 0 Å². The second kappa shape index (κ2) is 6.96. The highest BCUT2D eigenvalue weighted by molar-refractivity contribution is 9.10. The molecule has 4 heteroatoms. The van der Waals surface area contributed by atoms with Crippen LogP contribution in [0.2, 0.25) is 0 Å². The van der Waals surface area contributed by atoms with Gasteiger partial charge in [-0.1, -0.05) is 35.0 Å². The van der Waals surface area contributed by atoms with Crippen LogP contribution < -0.4 is 15.2 Å². The van der Waals surface area contributed by atoms with E-state index in [0.29, 0.717) is 5.75 Å². The Morgan fingerprint density at radius 2 is 1.86 bits per heavy atom. The normalized spacial score (nSPS) is 12.0. The van der Waals surface area contributed by atoms with E-state index >= 15 is 0 Å². The Balaban J connectivity index is 2.40. The topological polar surface area (TPSA) is 44.5 Å². The Morgan fingerprint density at radius 3 is 2.48 bits per heavy atom. The van der Waals surface area contributed by atoms with Gasteiger partial charge in [0.15, 0.2) is 11.5 Å². The molecule has 1 unspecified atom stereocenters. The van der Waals surface area contributed by atoms with Crippen LogP contribution >= 0.6 is 15.9 Å². The predicted octanol–water partition coefficient (Wildman–Crippen LogP) is 4.83. The van der Waals surface area contributed by atoms with Crippen LogP contribution in [0.1, 0.15) is 31.0 Å². The molecule has 2 rings (SSSR count). The largest absolute Gasteiger partial charge is 0.493 e. The van der Waals surface area contributed by atoms with Crippen molar-refractivity contribution in [3.05, 3.63) is 52.0 Å². The summed E-state index contributed by atoms with van der Waals surface area (Å²) in [6, 6.07) is 11.7. The molecule has 0 aliphatic heterocycles. The van der Waals surface area contributed by atoms with Crippen molar-refractivity contribution in [1.29, 1.82) is 0 Å². The number of halogens is 1. The molecule has 21 heavy (non-hydrogen) atoms. The smallest absolute Gasteiger partial charge is 0.169 e. The average Bonchev–Trinajstić information content (AvgIpc) is 2.47. The molecule has 1 atom stereocenters. The first-order chi connectivity index (χ1) is 10.0. The molecular formula is C17H20BrNO2. The van der Waals surface area contributed by atoms with E-state index in [1.54, 1.807) is 7.11 Å². The number of hydrogen-bond donors (Lipinski definition) is 1. The standard InChI is InChI=1S/C17H20BrNO2/c1-4-12-5-8-15(17(9-12)20-3)21-16-10-13(18)6-7-14(16)11(2)19/h5-11H,4,19H2,1-3H3. The second-order valence-corrected chi connectivity index (χ2v) is 5.83. The van der Waals surface area contributed by atoms with Gasteiger partial charge >= 0.3 is 0 Å². The minimum atomic E-state index is -0.103. The first-order valence-corrected chi connectivity index (χ1v) is 7.74. The van der Waals surface area contributed by atoms with Crippen LogP contribution in [0.5, 0.6) is 17.2 Å². The number of hydrogen-bond acceptors (Lipinski definition) is 3. The van der Waals surface area contributed by atoms with E-state index < -0.39 is 0 Å². The monoisotopic (exact) mass is 349 g/mol. The van der Waals surface area contributed by atoms with Gasteiger partial charge in [0.25, 0.3) is 0 Å². The first-order valence-electron chi connectivity index (χ1n) is 6.95. The van der Waals surface area contributed by atoms with E-state index in [0.717, 1.165) is 28.0 Å². The summed E-state index contributed by atoms with van der Waals surface area (Å²) < 4.78 is 12.4. The van der Waals surface area contributed by atoms with Crippen molar-refractivity contribution in [1.82, 2.24) is 0 Å². The van der Waals surface area contributed by atoms with Gasteiger partial charge in [0.2, 0.25) is 0 Å². The van der Waals surface area contributed by atoms with E-state index in [-0.39, 0.29) is 6.04 Å². The molecule has 0 amide bonds. The highest BCUT2D eigenvalue weighted by Crippen LogP contribution is 2.36. The minimum absolute atomic E-state index is 0.103. The zero-order valence-electron chi connectivity index (χ0n) is 12.5. The Kier molecular flexibility index (Phi) is 5.26. The lowest BCUT2D eigenvalue weighted by atomic mass is 10.1. The van der Waals surface area contributed by atoms with Crippen molar-refractivity contribution in [2.24, 2.45) is 5.73 Å². The predicted molar refractivity (Wildman–Crippen MR) is 89.2 cm³/mol. The molecule has 3 nitrogen and oxygen atoms in total. The van der Waals surface area contributed by atoms with E-state index in [4.69, 9.17) is 15.2 Å². The SMILES string of the molecule is CCc1ccc(Oc2cc(Br)ccc2C(C)N)c(OC)c1. The summed E-state index contributed by atoms with van der Waals surface area (Å²) >= 11 is 3.47. The summed E-state index contributed by atoms with van der Waals surface area (Å²) in [4.78, 5) is 0. The van der Waals surface area contributed by atoms with E-state index in [9.17, 15) is 0 Å². The average molecular weight is 350 g/mol.